The minimum Gasteiger partial charge on any atom is -0.465 e. The van der Waals surface area contributed by atoms with Gasteiger partial charge in [-0.1, -0.05) is 6.07 Å². The number of nitrogens with two attached hydrogens (primary N) is 2. The van der Waals surface area contributed by atoms with Crippen molar-refractivity contribution in [1.82, 2.24) is 0 Å². The first-order chi connectivity index (χ1) is 8.60. The third-order valence-electron chi connectivity index (χ3n) is 2.27. The van der Waals surface area contributed by atoms with Crippen LogP contribution in [0.3, 0.4) is 0 Å². The lowest BCUT2D eigenvalue weighted by Crippen LogP contribution is -2.21. The predicted octanol–water partition coefficient (Wildman–Crippen LogP) is 1.10. The number of fused-ring (bicyclic) bond motifs is 1. The van der Waals surface area contributed by atoms with E-state index in [-0.39, 0.29) is 11.9 Å². The summed E-state index contributed by atoms with van der Waals surface area (Å²) >= 11 is 0. The summed E-state index contributed by atoms with van der Waals surface area (Å²) < 4.78 is 10.2. The van der Waals surface area contributed by atoms with Gasteiger partial charge in [0.1, 0.15) is 0 Å². The summed E-state index contributed by atoms with van der Waals surface area (Å²) in [5.41, 5.74) is 10.6. The van der Waals surface area contributed by atoms with Crippen LogP contribution < -0.4 is 21.8 Å². The highest BCUT2D eigenvalue weighted by Gasteiger charge is 2.06. The summed E-state index contributed by atoms with van der Waals surface area (Å²) in [7, 11) is 0. The third kappa shape index (κ3) is 2.42. The molecule has 18 heavy (non-hydrogen) atoms. The highest BCUT2D eigenvalue weighted by atomic mass is 16.6. The molecule has 0 bridgehead atoms. The molecule has 0 unspecified atom stereocenters. The molecule has 0 aliphatic heterocycles. The van der Waals surface area contributed by atoms with E-state index in [0.717, 1.165) is 0 Å². The average Bonchev–Trinajstić information content (AvgIpc) is 2.30. The maximum absolute atomic E-state index is 11.8. The largest absolute Gasteiger partial charge is 0.465 e. The number of nitrogens with zero attached hydrogens (tertiary/aromatic N) is 1. The molecule has 1 aromatic heterocycles. The fourth-order valence-corrected chi connectivity index (χ4v) is 1.58. The van der Waals surface area contributed by atoms with E-state index in [1.807, 2.05) is 6.92 Å². The third-order valence-corrected chi connectivity index (χ3v) is 2.27. The van der Waals surface area contributed by atoms with Crippen LogP contribution in [0.25, 0.3) is 10.8 Å². The Morgan fingerprint density at radius 3 is 2.83 bits per heavy atom. The fraction of sp³-hybridized carbons (Fsp3) is 0.167. The molecule has 6 heteroatoms. The number of rotatable bonds is 3. The first-order valence-corrected chi connectivity index (χ1v) is 5.40. The van der Waals surface area contributed by atoms with E-state index in [4.69, 9.17) is 20.6 Å². The van der Waals surface area contributed by atoms with Crippen LogP contribution in [0.1, 0.15) is 6.92 Å². The van der Waals surface area contributed by atoms with Crippen LogP contribution in [0.15, 0.2) is 38.5 Å². The van der Waals surface area contributed by atoms with E-state index in [1.165, 1.54) is 0 Å². The quantitative estimate of drug-likeness (QED) is 0.624. The Kier molecular flexibility index (Phi) is 3.18. The molecule has 0 amide bonds. The average molecular weight is 247 g/mol. The molecule has 6 nitrogen and oxygen atoms in total. The lowest BCUT2D eigenvalue weighted by molar-refractivity contribution is 0.246. The van der Waals surface area contributed by atoms with Crippen molar-refractivity contribution in [2.24, 2.45) is 16.5 Å². The van der Waals surface area contributed by atoms with Gasteiger partial charge in [0.2, 0.25) is 0 Å². The number of guanidine groups is 1. The molecule has 0 aliphatic carbocycles. The summed E-state index contributed by atoms with van der Waals surface area (Å²) in [6.07, 6.45) is 0. The first-order valence-electron chi connectivity index (χ1n) is 5.40. The second-order valence-corrected chi connectivity index (χ2v) is 3.59. The summed E-state index contributed by atoms with van der Waals surface area (Å²) in [5, 5.41) is 1.12. The molecule has 0 fully saturated rings. The molecule has 0 radical (unpaired) electrons. The Balaban J connectivity index is 2.58. The Morgan fingerprint density at radius 2 is 2.17 bits per heavy atom. The normalized spacial score (nSPS) is 10.3. The van der Waals surface area contributed by atoms with Gasteiger partial charge in [-0.15, -0.1) is 0 Å². The van der Waals surface area contributed by atoms with Crippen molar-refractivity contribution in [2.75, 3.05) is 6.61 Å². The predicted molar refractivity (Wildman–Crippen MR) is 69.1 cm³/mol. The van der Waals surface area contributed by atoms with Crippen molar-refractivity contribution in [3.05, 3.63) is 34.7 Å². The number of hydrogen-bond acceptors (Lipinski definition) is 4. The number of benzene rings is 1. The SMILES string of the molecule is CCOc1cc2ccc(N=C(N)N)cc2c(=O)o1. The summed E-state index contributed by atoms with van der Waals surface area (Å²) in [6, 6.07) is 6.66. The topological polar surface area (TPSA) is 104 Å². The second-order valence-electron chi connectivity index (χ2n) is 3.59. The monoisotopic (exact) mass is 247 g/mol. The van der Waals surface area contributed by atoms with Crippen molar-refractivity contribution in [3.8, 4) is 5.95 Å². The molecule has 0 saturated heterocycles. The lowest BCUT2D eigenvalue weighted by Gasteiger charge is -2.03. The number of hydrogen-bond donors (Lipinski definition) is 2. The van der Waals surface area contributed by atoms with E-state index in [2.05, 4.69) is 4.99 Å². The molecule has 2 aromatic rings. The van der Waals surface area contributed by atoms with Crippen LogP contribution in [0, 0.1) is 0 Å². The van der Waals surface area contributed by atoms with Crippen LogP contribution in [0.4, 0.5) is 5.69 Å². The first kappa shape index (κ1) is 12.0. The van der Waals surface area contributed by atoms with Crippen LogP contribution in [0.5, 0.6) is 5.95 Å². The van der Waals surface area contributed by atoms with Gasteiger partial charge >= 0.3 is 5.63 Å². The van der Waals surface area contributed by atoms with Gasteiger partial charge in [0.05, 0.1) is 17.7 Å². The van der Waals surface area contributed by atoms with Crippen LogP contribution in [0.2, 0.25) is 0 Å². The van der Waals surface area contributed by atoms with Gasteiger partial charge in [-0.25, -0.2) is 9.79 Å². The van der Waals surface area contributed by atoms with Gasteiger partial charge in [-0.2, -0.15) is 0 Å². The minimum absolute atomic E-state index is 0.0651. The highest BCUT2D eigenvalue weighted by molar-refractivity contribution is 5.86. The number of ether oxygens (including phenoxy) is 1. The Bertz CT molecular complexity index is 657. The van der Waals surface area contributed by atoms with Crippen molar-refractivity contribution in [2.45, 2.75) is 6.92 Å². The molecule has 0 atom stereocenters. The van der Waals surface area contributed by atoms with E-state index in [1.54, 1.807) is 24.3 Å². The molecule has 2 rings (SSSR count). The smallest absolute Gasteiger partial charge is 0.346 e. The lowest BCUT2D eigenvalue weighted by atomic mass is 10.1. The zero-order valence-corrected chi connectivity index (χ0v) is 9.84. The van der Waals surface area contributed by atoms with Crippen molar-refractivity contribution >= 4 is 22.4 Å². The molecule has 94 valence electrons. The Morgan fingerprint density at radius 1 is 1.39 bits per heavy atom. The van der Waals surface area contributed by atoms with Gasteiger partial charge in [0, 0.05) is 6.07 Å². The zero-order chi connectivity index (χ0) is 13.1. The van der Waals surface area contributed by atoms with Crippen LogP contribution in [-0.4, -0.2) is 12.6 Å². The Labute approximate surface area is 103 Å². The molecule has 0 saturated carbocycles. The van der Waals surface area contributed by atoms with Gasteiger partial charge in [0.25, 0.3) is 5.95 Å². The minimum atomic E-state index is -0.483. The summed E-state index contributed by atoms with van der Waals surface area (Å²) in [5.74, 6) is 0.134. The van der Waals surface area contributed by atoms with Crippen molar-refractivity contribution in [1.29, 1.82) is 0 Å². The van der Waals surface area contributed by atoms with E-state index in [9.17, 15) is 4.79 Å². The van der Waals surface area contributed by atoms with Crippen LogP contribution >= 0.6 is 0 Å². The van der Waals surface area contributed by atoms with E-state index >= 15 is 0 Å². The second kappa shape index (κ2) is 4.79. The van der Waals surface area contributed by atoms with Gasteiger partial charge in [0.15, 0.2) is 5.96 Å². The molecule has 0 aliphatic rings. The highest BCUT2D eigenvalue weighted by Crippen LogP contribution is 2.22. The van der Waals surface area contributed by atoms with Crippen molar-refractivity contribution < 1.29 is 9.15 Å². The molecule has 1 heterocycles. The van der Waals surface area contributed by atoms with Crippen molar-refractivity contribution in [3.63, 3.8) is 0 Å². The molecule has 4 N–H and O–H groups in total. The molecular weight excluding hydrogens is 234 g/mol. The standard InChI is InChI=1S/C12H13N3O3/c1-2-17-10-5-7-3-4-8(15-12(13)14)6-9(7)11(16)18-10/h3-6H,2H2,1H3,(H4,13,14,15). The Hall–Kier alpha value is -2.50. The van der Waals surface area contributed by atoms with Gasteiger partial charge in [-0.05, 0) is 24.4 Å². The molecule has 0 spiro atoms. The molecule has 1 aromatic carbocycles. The van der Waals surface area contributed by atoms with Crippen LogP contribution in [-0.2, 0) is 0 Å². The summed E-state index contributed by atoms with van der Waals surface area (Å²) in [4.78, 5) is 15.6. The van der Waals surface area contributed by atoms with Gasteiger partial charge in [-0.3, -0.25) is 0 Å². The summed E-state index contributed by atoms with van der Waals surface area (Å²) in [6.45, 7) is 2.24. The van der Waals surface area contributed by atoms with Gasteiger partial charge < -0.3 is 20.6 Å². The zero-order valence-electron chi connectivity index (χ0n) is 9.84. The maximum atomic E-state index is 11.8. The molecular formula is C12H13N3O3. The maximum Gasteiger partial charge on any atom is 0.346 e. The fourth-order valence-electron chi connectivity index (χ4n) is 1.58. The van der Waals surface area contributed by atoms with E-state index < -0.39 is 5.63 Å². The van der Waals surface area contributed by atoms with E-state index in [0.29, 0.717) is 23.1 Å². The number of aliphatic imine (C=N–C) groups is 1.